The molecular formula is C18H25ClN2O3. The second-order valence-electron chi connectivity index (χ2n) is 6.95. The predicted molar refractivity (Wildman–Crippen MR) is 96.7 cm³/mol. The normalized spacial score (nSPS) is 21.8. The van der Waals surface area contributed by atoms with Gasteiger partial charge in [-0.2, -0.15) is 0 Å². The Kier molecular flexibility index (Phi) is 5.45. The van der Waals surface area contributed by atoms with Crippen LogP contribution in [-0.4, -0.2) is 43.7 Å². The van der Waals surface area contributed by atoms with Crippen molar-refractivity contribution in [2.24, 2.45) is 11.1 Å². The molecule has 0 aliphatic carbocycles. The van der Waals surface area contributed by atoms with Crippen molar-refractivity contribution in [2.75, 3.05) is 26.8 Å². The van der Waals surface area contributed by atoms with Crippen LogP contribution in [0.3, 0.4) is 0 Å². The largest absolute Gasteiger partial charge is 0.493 e. The third kappa shape index (κ3) is 3.37. The molecule has 0 radical (unpaired) electrons. The number of nitrogens with zero attached hydrogens (tertiary/aromatic N) is 1. The van der Waals surface area contributed by atoms with Gasteiger partial charge < -0.3 is 20.1 Å². The second kappa shape index (κ2) is 7.03. The number of halogens is 1. The fourth-order valence-electron chi connectivity index (χ4n) is 3.21. The topological polar surface area (TPSA) is 64.8 Å². The van der Waals surface area contributed by atoms with Gasteiger partial charge in [0.2, 0.25) is 0 Å². The number of ether oxygens (including phenoxy) is 2. The number of methoxy groups -OCH3 is 1. The van der Waals surface area contributed by atoms with Gasteiger partial charge in [-0.25, -0.2) is 0 Å². The summed E-state index contributed by atoms with van der Waals surface area (Å²) in [4.78, 5) is 14.7. The lowest BCUT2D eigenvalue weighted by atomic mass is 9.79. The maximum Gasteiger partial charge on any atom is 0.253 e. The van der Waals surface area contributed by atoms with E-state index >= 15 is 0 Å². The van der Waals surface area contributed by atoms with Crippen molar-refractivity contribution in [3.8, 4) is 11.5 Å². The quantitative estimate of drug-likeness (QED) is 0.888. The van der Waals surface area contributed by atoms with E-state index < -0.39 is 0 Å². The fraction of sp³-hybridized carbons (Fsp3) is 0.500. The van der Waals surface area contributed by atoms with Crippen molar-refractivity contribution in [2.45, 2.75) is 26.3 Å². The molecule has 0 aromatic heterocycles. The van der Waals surface area contributed by atoms with Crippen LogP contribution >= 0.6 is 12.4 Å². The first kappa shape index (κ1) is 18.6. The molecule has 0 saturated carbocycles. The highest BCUT2D eigenvalue weighted by atomic mass is 35.5. The van der Waals surface area contributed by atoms with Gasteiger partial charge in [-0.05, 0) is 24.0 Å². The summed E-state index contributed by atoms with van der Waals surface area (Å²) < 4.78 is 11.1. The van der Waals surface area contributed by atoms with E-state index in [1.165, 1.54) is 0 Å². The molecule has 1 saturated heterocycles. The molecule has 3 rings (SSSR count). The highest BCUT2D eigenvalue weighted by Crippen LogP contribution is 2.36. The van der Waals surface area contributed by atoms with Gasteiger partial charge in [0.25, 0.3) is 5.91 Å². The Morgan fingerprint density at radius 2 is 2.17 bits per heavy atom. The number of hydrogen-bond acceptors (Lipinski definition) is 4. The number of rotatable bonds is 2. The first-order chi connectivity index (χ1) is 10.9. The van der Waals surface area contributed by atoms with E-state index in [4.69, 9.17) is 15.2 Å². The van der Waals surface area contributed by atoms with Crippen LogP contribution in [0.2, 0.25) is 0 Å². The lowest BCUT2D eigenvalue weighted by molar-refractivity contribution is -0.130. The van der Waals surface area contributed by atoms with Crippen LogP contribution < -0.4 is 15.2 Å². The number of hydrogen-bond donors (Lipinski definition) is 1. The van der Waals surface area contributed by atoms with Gasteiger partial charge >= 0.3 is 0 Å². The zero-order valence-corrected chi connectivity index (χ0v) is 15.2. The molecule has 1 aromatic rings. The van der Waals surface area contributed by atoms with Gasteiger partial charge in [0.05, 0.1) is 12.7 Å². The van der Waals surface area contributed by atoms with Gasteiger partial charge in [0.1, 0.15) is 6.61 Å². The molecule has 1 amide bonds. The van der Waals surface area contributed by atoms with Crippen LogP contribution in [0, 0.1) is 5.41 Å². The molecule has 1 atom stereocenters. The van der Waals surface area contributed by atoms with E-state index in [-0.39, 0.29) is 36.4 Å². The maximum absolute atomic E-state index is 12.8. The van der Waals surface area contributed by atoms with Gasteiger partial charge in [-0.3, -0.25) is 4.79 Å². The van der Waals surface area contributed by atoms with E-state index in [9.17, 15) is 4.79 Å². The summed E-state index contributed by atoms with van der Waals surface area (Å²) in [5.74, 6) is 1.43. The minimum atomic E-state index is -0.0644. The molecule has 1 fully saturated rings. The molecule has 6 heteroatoms. The van der Waals surface area contributed by atoms with Gasteiger partial charge in [0.15, 0.2) is 11.5 Å². The summed E-state index contributed by atoms with van der Waals surface area (Å²) in [6.45, 7) is 5.88. The van der Waals surface area contributed by atoms with E-state index in [0.717, 1.165) is 12.0 Å². The van der Waals surface area contributed by atoms with Gasteiger partial charge in [0, 0.05) is 24.7 Å². The van der Waals surface area contributed by atoms with Crippen LogP contribution in [0.1, 0.15) is 25.8 Å². The van der Waals surface area contributed by atoms with Crippen molar-refractivity contribution in [3.63, 3.8) is 0 Å². The number of amides is 1. The van der Waals surface area contributed by atoms with Crippen LogP contribution in [-0.2, 0) is 4.79 Å². The summed E-state index contributed by atoms with van der Waals surface area (Å²) in [7, 11) is 1.61. The number of carbonyl (C=O) groups is 1. The molecule has 132 valence electrons. The van der Waals surface area contributed by atoms with Crippen molar-refractivity contribution < 1.29 is 14.3 Å². The number of fused-ring (bicyclic) bond motifs is 1. The van der Waals surface area contributed by atoms with Crippen molar-refractivity contribution >= 4 is 24.4 Å². The number of likely N-dealkylation sites (tertiary alicyclic amines) is 1. The summed E-state index contributed by atoms with van der Waals surface area (Å²) >= 11 is 0. The third-order valence-corrected chi connectivity index (χ3v) is 4.81. The molecular weight excluding hydrogens is 328 g/mol. The van der Waals surface area contributed by atoms with E-state index in [1.807, 2.05) is 29.2 Å². The summed E-state index contributed by atoms with van der Waals surface area (Å²) in [6.07, 6.45) is 2.74. The maximum atomic E-state index is 12.8. The Morgan fingerprint density at radius 3 is 2.83 bits per heavy atom. The number of nitrogens with two attached hydrogens (primary N) is 1. The molecule has 1 unspecified atom stereocenters. The molecule has 2 aliphatic heterocycles. The molecule has 1 aromatic carbocycles. The summed E-state index contributed by atoms with van der Waals surface area (Å²) in [5, 5.41) is 0. The Balaban J connectivity index is 0.00000208. The lowest BCUT2D eigenvalue weighted by Crippen LogP contribution is -2.54. The Morgan fingerprint density at radius 1 is 1.42 bits per heavy atom. The molecule has 5 nitrogen and oxygen atoms in total. The molecule has 2 aliphatic rings. The highest BCUT2D eigenvalue weighted by Gasteiger charge is 2.36. The Bertz CT molecular complexity index is 658. The average Bonchev–Trinajstić information content (AvgIpc) is 2.55. The van der Waals surface area contributed by atoms with Crippen molar-refractivity contribution in [1.29, 1.82) is 0 Å². The highest BCUT2D eigenvalue weighted by molar-refractivity contribution is 5.99. The Labute approximate surface area is 149 Å². The van der Waals surface area contributed by atoms with Crippen LogP contribution in [0.5, 0.6) is 11.5 Å². The van der Waals surface area contributed by atoms with Crippen LogP contribution in [0.4, 0.5) is 0 Å². The third-order valence-electron chi connectivity index (χ3n) is 4.81. The van der Waals surface area contributed by atoms with Gasteiger partial charge in [-0.15, -0.1) is 12.4 Å². The van der Waals surface area contributed by atoms with Crippen molar-refractivity contribution in [1.82, 2.24) is 4.90 Å². The Hall–Kier alpha value is -1.72. The summed E-state index contributed by atoms with van der Waals surface area (Å²) in [5.41, 5.74) is 7.65. The molecule has 2 N–H and O–H groups in total. The zero-order chi connectivity index (χ0) is 16.6. The number of carbonyl (C=O) groups excluding carboxylic acids is 1. The second-order valence-corrected chi connectivity index (χ2v) is 6.95. The minimum Gasteiger partial charge on any atom is -0.493 e. The zero-order valence-electron chi connectivity index (χ0n) is 14.4. The standard InChI is InChI=1S/C18H24N2O3.ClH/c1-18(2)11-20(8-7-15(18)19)17(21)13-9-12-5-4-6-14(22-3)16(12)23-10-13;/h4-6,9,15H,7-8,10-11,19H2,1-3H3;1H. The molecule has 24 heavy (non-hydrogen) atoms. The monoisotopic (exact) mass is 352 g/mol. The fourth-order valence-corrected chi connectivity index (χ4v) is 3.21. The number of para-hydroxylation sites is 1. The molecule has 2 heterocycles. The first-order valence-corrected chi connectivity index (χ1v) is 7.97. The molecule has 0 spiro atoms. The van der Waals surface area contributed by atoms with Crippen LogP contribution in [0.15, 0.2) is 23.8 Å². The smallest absolute Gasteiger partial charge is 0.253 e. The van der Waals surface area contributed by atoms with Crippen molar-refractivity contribution in [3.05, 3.63) is 29.3 Å². The van der Waals surface area contributed by atoms with Gasteiger partial charge in [-0.1, -0.05) is 26.0 Å². The van der Waals surface area contributed by atoms with Crippen LogP contribution in [0.25, 0.3) is 6.08 Å². The first-order valence-electron chi connectivity index (χ1n) is 7.97. The molecule has 0 bridgehead atoms. The summed E-state index contributed by atoms with van der Waals surface area (Å²) in [6, 6.07) is 5.82. The number of piperidine rings is 1. The van der Waals surface area contributed by atoms with E-state index in [1.54, 1.807) is 7.11 Å². The SMILES string of the molecule is COc1cccc2c1OCC(C(=O)N1CCC(N)C(C)(C)C1)=C2.Cl. The van der Waals surface area contributed by atoms with E-state index in [0.29, 0.717) is 30.2 Å². The average molecular weight is 353 g/mol. The lowest BCUT2D eigenvalue weighted by Gasteiger charge is -2.43. The predicted octanol–water partition coefficient (Wildman–Crippen LogP) is 2.48. The van der Waals surface area contributed by atoms with E-state index in [2.05, 4.69) is 13.8 Å². The number of benzene rings is 1. The minimum absolute atomic E-state index is 0.